The zero-order chi connectivity index (χ0) is 25.6. The molecule has 2 aromatic carbocycles. The van der Waals surface area contributed by atoms with Crippen molar-refractivity contribution in [3.05, 3.63) is 47.5 Å². The van der Waals surface area contributed by atoms with Crippen LogP contribution in [0.4, 0.5) is 0 Å². The summed E-state index contributed by atoms with van der Waals surface area (Å²) < 4.78 is 0. The highest BCUT2D eigenvalue weighted by Crippen LogP contribution is 2.55. The largest absolute Gasteiger partial charge is 0.488 e. The molecule has 1 aliphatic carbocycles. The lowest BCUT2D eigenvalue weighted by atomic mass is 9.63. The Hall–Kier alpha value is -1.59. The van der Waals surface area contributed by atoms with Crippen molar-refractivity contribution in [2.45, 2.75) is 97.3 Å². The molecule has 4 N–H and O–H groups in total. The van der Waals surface area contributed by atoms with E-state index in [-0.39, 0.29) is 5.41 Å². The Balaban J connectivity index is 2.25. The van der Waals surface area contributed by atoms with E-state index in [0.29, 0.717) is 22.8 Å². The van der Waals surface area contributed by atoms with E-state index in [0.717, 1.165) is 36.8 Å². The standard InChI is InChI=1S/C29H44B2O4/c1-5-9-11-21(7-3)19-29(20-22(8-4)12-10-6-2)27-17-23(30(32)33)13-15-25(27)26-16-14-24(31(34)35)18-28(26)29/h13-18,21-22,32-35H,5-12,19-20H2,1-4H3. The predicted molar refractivity (Wildman–Crippen MR) is 148 cm³/mol. The van der Waals surface area contributed by atoms with Crippen molar-refractivity contribution in [1.82, 2.24) is 0 Å². The molecule has 35 heavy (non-hydrogen) atoms. The molecule has 0 heterocycles. The Morgan fingerprint density at radius 3 is 1.37 bits per heavy atom. The van der Waals surface area contributed by atoms with E-state index in [1.807, 2.05) is 24.3 Å². The monoisotopic (exact) mass is 478 g/mol. The summed E-state index contributed by atoms with van der Waals surface area (Å²) in [7, 11) is -3.03. The van der Waals surface area contributed by atoms with E-state index < -0.39 is 14.2 Å². The number of rotatable bonds is 14. The molecule has 0 saturated carbocycles. The molecule has 0 amide bonds. The van der Waals surface area contributed by atoms with E-state index >= 15 is 0 Å². The maximum Gasteiger partial charge on any atom is 0.488 e. The summed E-state index contributed by atoms with van der Waals surface area (Å²) in [6.07, 6.45) is 11.3. The predicted octanol–water partition coefficient (Wildman–Crippen LogP) is 4.53. The Bertz CT molecular complexity index is 882. The fourth-order valence-corrected chi connectivity index (χ4v) is 6.25. The lowest BCUT2D eigenvalue weighted by molar-refractivity contribution is 0.266. The van der Waals surface area contributed by atoms with Crippen LogP contribution in [0.25, 0.3) is 11.1 Å². The Morgan fingerprint density at radius 1 is 0.657 bits per heavy atom. The van der Waals surface area contributed by atoms with Crippen LogP contribution in [0.2, 0.25) is 0 Å². The van der Waals surface area contributed by atoms with Gasteiger partial charge in [0.2, 0.25) is 0 Å². The van der Waals surface area contributed by atoms with Crippen LogP contribution in [-0.4, -0.2) is 34.3 Å². The lowest BCUT2D eigenvalue weighted by Crippen LogP contribution is -2.36. The SMILES string of the molecule is CCCCC(CC)CC1(CC(CC)CCCC)c2cc(B(O)O)ccc2-c2ccc(B(O)O)cc21. The molecule has 1 aliphatic rings. The van der Waals surface area contributed by atoms with Crippen LogP contribution in [0.1, 0.15) is 103 Å². The van der Waals surface area contributed by atoms with Crippen LogP contribution in [0, 0.1) is 11.8 Å². The van der Waals surface area contributed by atoms with Crippen molar-refractivity contribution in [3.63, 3.8) is 0 Å². The Morgan fingerprint density at radius 2 is 1.06 bits per heavy atom. The van der Waals surface area contributed by atoms with Gasteiger partial charge in [-0.25, -0.2) is 0 Å². The maximum absolute atomic E-state index is 10.0. The average Bonchev–Trinajstić information content (AvgIpc) is 3.12. The fraction of sp³-hybridized carbons (Fsp3) is 0.586. The van der Waals surface area contributed by atoms with Gasteiger partial charge in [-0.05, 0) is 57.9 Å². The van der Waals surface area contributed by atoms with Gasteiger partial charge in [-0.1, -0.05) is 115 Å². The molecule has 0 aliphatic heterocycles. The molecule has 0 spiro atoms. The molecular weight excluding hydrogens is 434 g/mol. The number of fused-ring (bicyclic) bond motifs is 3. The first-order valence-corrected chi connectivity index (χ1v) is 13.8. The van der Waals surface area contributed by atoms with Crippen LogP contribution in [0.3, 0.4) is 0 Å². The summed E-state index contributed by atoms with van der Waals surface area (Å²) in [5, 5.41) is 40.1. The minimum atomic E-state index is -1.51. The second-order valence-corrected chi connectivity index (χ2v) is 10.7. The van der Waals surface area contributed by atoms with Gasteiger partial charge >= 0.3 is 14.2 Å². The second kappa shape index (κ2) is 12.6. The van der Waals surface area contributed by atoms with Gasteiger partial charge in [0.05, 0.1) is 0 Å². The number of unbranched alkanes of at least 4 members (excludes halogenated alkanes) is 2. The normalized spacial score (nSPS) is 15.4. The smallest absolute Gasteiger partial charge is 0.423 e. The van der Waals surface area contributed by atoms with Gasteiger partial charge in [0.15, 0.2) is 0 Å². The number of hydrogen-bond acceptors (Lipinski definition) is 4. The molecule has 0 radical (unpaired) electrons. The second-order valence-electron chi connectivity index (χ2n) is 10.7. The molecule has 2 atom stereocenters. The third-order valence-corrected chi connectivity index (χ3v) is 8.37. The van der Waals surface area contributed by atoms with Crippen molar-refractivity contribution in [3.8, 4) is 11.1 Å². The van der Waals surface area contributed by atoms with Crippen molar-refractivity contribution in [2.75, 3.05) is 0 Å². The summed E-state index contributed by atoms with van der Waals surface area (Å²) in [5.74, 6) is 1.09. The van der Waals surface area contributed by atoms with Crippen LogP contribution in [0.5, 0.6) is 0 Å². The van der Waals surface area contributed by atoms with Crippen LogP contribution in [-0.2, 0) is 5.41 Å². The molecule has 4 nitrogen and oxygen atoms in total. The van der Waals surface area contributed by atoms with Crippen molar-refractivity contribution >= 4 is 25.2 Å². The Labute approximate surface area is 213 Å². The van der Waals surface area contributed by atoms with E-state index in [9.17, 15) is 20.1 Å². The first kappa shape index (κ1) is 28.0. The van der Waals surface area contributed by atoms with Crippen LogP contribution in [0.15, 0.2) is 36.4 Å². The van der Waals surface area contributed by atoms with E-state index in [1.165, 1.54) is 49.7 Å². The molecular formula is C29H44B2O4. The van der Waals surface area contributed by atoms with Crippen molar-refractivity contribution in [2.24, 2.45) is 11.8 Å². The third-order valence-electron chi connectivity index (χ3n) is 8.37. The molecule has 2 unspecified atom stereocenters. The van der Waals surface area contributed by atoms with Crippen molar-refractivity contribution in [1.29, 1.82) is 0 Å². The molecule has 6 heteroatoms. The van der Waals surface area contributed by atoms with E-state index in [4.69, 9.17) is 0 Å². The molecule has 0 bridgehead atoms. The molecule has 0 aromatic heterocycles. The maximum atomic E-state index is 10.0. The van der Waals surface area contributed by atoms with Crippen LogP contribution >= 0.6 is 0 Å². The van der Waals surface area contributed by atoms with E-state index in [2.05, 4.69) is 27.7 Å². The number of benzene rings is 2. The Kier molecular flexibility index (Phi) is 10.1. The van der Waals surface area contributed by atoms with Crippen molar-refractivity contribution < 1.29 is 20.1 Å². The molecule has 3 rings (SSSR count). The van der Waals surface area contributed by atoms with Gasteiger partial charge in [0.1, 0.15) is 0 Å². The highest BCUT2D eigenvalue weighted by molar-refractivity contribution is 6.59. The van der Waals surface area contributed by atoms with Gasteiger partial charge < -0.3 is 20.1 Å². The van der Waals surface area contributed by atoms with Crippen LogP contribution < -0.4 is 10.9 Å². The number of hydrogen-bond donors (Lipinski definition) is 4. The van der Waals surface area contributed by atoms with Gasteiger partial charge in [-0.15, -0.1) is 0 Å². The summed E-state index contributed by atoms with van der Waals surface area (Å²) >= 11 is 0. The third kappa shape index (κ3) is 6.05. The quantitative estimate of drug-likeness (QED) is 0.301. The molecule has 0 fully saturated rings. The highest BCUT2D eigenvalue weighted by atomic mass is 16.4. The van der Waals surface area contributed by atoms with Gasteiger partial charge in [0, 0.05) is 5.41 Å². The van der Waals surface area contributed by atoms with Gasteiger partial charge in [0.25, 0.3) is 0 Å². The summed E-state index contributed by atoms with van der Waals surface area (Å²) in [5.41, 5.74) is 5.37. The molecule has 190 valence electrons. The fourth-order valence-electron chi connectivity index (χ4n) is 6.25. The summed E-state index contributed by atoms with van der Waals surface area (Å²) in [4.78, 5) is 0. The summed E-state index contributed by atoms with van der Waals surface area (Å²) in [6, 6.07) is 11.7. The topological polar surface area (TPSA) is 80.9 Å². The van der Waals surface area contributed by atoms with Gasteiger partial charge in [-0.2, -0.15) is 0 Å². The first-order valence-electron chi connectivity index (χ1n) is 13.8. The highest BCUT2D eigenvalue weighted by Gasteiger charge is 2.46. The zero-order valence-corrected chi connectivity index (χ0v) is 22.1. The lowest BCUT2D eigenvalue weighted by Gasteiger charge is -2.39. The first-order chi connectivity index (χ1) is 16.8. The molecule has 2 aromatic rings. The minimum Gasteiger partial charge on any atom is -0.423 e. The average molecular weight is 478 g/mol. The van der Waals surface area contributed by atoms with E-state index in [1.54, 1.807) is 12.1 Å². The van der Waals surface area contributed by atoms with Gasteiger partial charge in [-0.3, -0.25) is 0 Å². The zero-order valence-electron chi connectivity index (χ0n) is 22.1. The summed E-state index contributed by atoms with van der Waals surface area (Å²) in [6.45, 7) is 9.04. The minimum absolute atomic E-state index is 0.288. The molecule has 0 saturated heterocycles.